The van der Waals surface area contributed by atoms with E-state index in [0.717, 1.165) is 32.1 Å². The number of piperidine rings is 1. The highest BCUT2D eigenvalue weighted by Gasteiger charge is 2.24. The molecule has 2 N–H and O–H groups in total. The van der Waals surface area contributed by atoms with Gasteiger partial charge in [0, 0.05) is 16.2 Å². The van der Waals surface area contributed by atoms with Crippen molar-refractivity contribution in [2.75, 3.05) is 26.7 Å². The fourth-order valence-corrected chi connectivity index (χ4v) is 3.06. The second-order valence-corrected chi connectivity index (χ2v) is 6.85. The second-order valence-electron chi connectivity index (χ2n) is 5.94. The summed E-state index contributed by atoms with van der Waals surface area (Å²) >= 11 is 3.24. The molecule has 25 heavy (non-hydrogen) atoms. The quantitative estimate of drug-likeness (QED) is 0.459. The first-order valence-corrected chi connectivity index (χ1v) is 9.06. The maximum atomic E-state index is 14.5. The van der Waals surface area contributed by atoms with Crippen molar-refractivity contribution in [3.63, 3.8) is 0 Å². The van der Waals surface area contributed by atoms with Crippen molar-refractivity contribution in [3.8, 4) is 0 Å². The van der Waals surface area contributed by atoms with Crippen LogP contribution in [0.25, 0.3) is 0 Å². The third-order valence-corrected chi connectivity index (χ3v) is 4.60. The Kier molecular flexibility index (Phi) is 7.13. The van der Waals surface area contributed by atoms with Gasteiger partial charge in [0.05, 0.1) is 18.4 Å². The standard InChI is InChI=1S/C18H23BrFN3O2/c1-3-25-18(24)15(11-21)17(14-5-4-12(19)10-16(14)20)22-13-6-8-23(2)9-7-13/h4-5,10-11,13H,3,6-9,21H2,1-2H3. The maximum Gasteiger partial charge on any atom is 0.341 e. The molecule has 0 spiro atoms. The van der Waals surface area contributed by atoms with Crippen molar-refractivity contribution in [2.24, 2.45) is 10.7 Å². The fraction of sp³-hybridized carbons (Fsp3) is 0.444. The summed E-state index contributed by atoms with van der Waals surface area (Å²) in [5.74, 6) is -1.07. The SMILES string of the molecule is CCOC(=O)C(=CN)C(=NC1CCN(C)CC1)c1ccc(Br)cc1F. The Morgan fingerprint density at radius 1 is 1.48 bits per heavy atom. The molecule has 0 aliphatic carbocycles. The van der Waals surface area contributed by atoms with Crippen LogP contribution in [0.15, 0.2) is 39.4 Å². The van der Waals surface area contributed by atoms with Gasteiger partial charge in [-0.3, -0.25) is 4.99 Å². The molecule has 5 nitrogen and oxygen atoms in total. The molecule has 1 fully saturated rings. The molecule has 0 amide bonds. The van der Waals surface area contributed by atoms with Crippen molar-refractivity contribution in [1.82, 2.24) is 4.90 Å². The molecule has 1 aromatic rings. The topological polar surface area (TPSA) is 67.9 Å². The van der Waals surface area contributed by atoms with Crippen molar-refractivity contribution in [2.45, 2.75) is 25.8 Å². The highest BCUT2D eigenvalue weighted by atomic mass is 79.9. The van der Waals surface area contributed by atoms with E-state index in [1.54, 1.807) is 19.1 Å². The number of esters is 1. The largest absolute Gasteiger partial charge is 0.462 e. The number of hydrogen-bond acceptors (Lipinski definition) is 5. The minimum absolute atomic E-state index is 0.0126. The normalized spacial score (nSPS) is 17.6. The summed E-state index contributed by atoms with van der Waals surface area (Å²) in [6.45, 7) is 3.73. The molecule has 1 saturated heterocycles. The van der Waals surface area contributed by atoms with E-state index in [-0.39, 0.29) is 29.5 Å². The number of nitrogens with two attached hydrogens (primary N) is 1. The van der Waals surface area contributed by atoms with E-state index in [1.807, 2.05) is 0 Å². The molecular weight excluding hydrogens is 389 g/mol. The summed E-state index contributed by atoms with van der Waals surface area (Å²) in [6.07, 6.45) is 2.84. The van der Waals surface area contributed by atoms with Gasteiger partial charge in [-0.2, -0.15) is 0 Å². The van der Waals surface area contributed by atoms with Crippen molar-refractivity contribution in [3.05, 3.63) is 45.8 Å². The molecule has 1 aliphatic heterocycles. The molecule has 1 aromatic carbocycles. The number of ether oxygens (including phenoxy) is 1. The first-order valence-electron chi connectivity index (χ1n) is 8.27. The Morgan fingerprint density at radius 2 is 2.16 bits per heavy atom. The van der Waals surface area contributed by atoms with Gasteiger partial charge >= 0.3 is 5.97 Å². The van der Waals surface area contributed by atoms with Crippen molar-refractivity contribution in [1.29, 1.82) is 0 Å². The monoisotopic (exact) mass is 411 g/mol. The highest BCUT2D eigenvalue weighted by molar-refractivity contribution is 9.10. The van der Waals surface area contributed by atoms with Crippen molar-refractivity contribution >= 4 is 27.6 Å². The minimum Gasteiger partial charge on any atom is -0.462 e. The van der Waals surface area contributed by atoms with Crippen LogP contribution in [-0.4, -0.2) is 49.4 Å². The average Bonchev–Trinajstić information content (AvgIpc) is 2.57. The first kappa shape index (κ1) is 19.6. The predicted molar refractivity (Wildman–Crippen MR) is 100 cm³/mol. The summed E-state index contributed by atoms with van der Waals surface area (Å²) in [5, 5.41) is 0. The molecule has 0 bridgehead atoms. The van der Waals surface area contributed by atoms with Crippen LogP contribution < -0.4 is 5.73 Å². The van der Waals surface area contributed by atoms with E-state index in [9.17, 15) is 9.18 Å². The lowest BCUT2D eigenvalue weighted by atomic mass is 10.00. The van der Waals surface area contributed by atoms with Gasteiger partial charge in [-0.25, -0.2) is 9.18 Å². The van der Waals surface area contributed by atoms with Gasteiger partial charge in [0.2, 0.25) is 0 Å². The van der Waals surface area contributed by atoms with E-state index in [1.165, 1.54) is 6.07 Å². The van der Waals surface area contributed by atoms with Crippen molar-refractivity contribution < 1.29 is 13.9 Å². The molecule has 0 aromatic heterocycles. The smallest absolute Gasteiger partial charge is 0.341 e. The van der Waals surface area contributed by atoms with Gasteiger partial charge in [-0.1, -0.05) is 15.9 Å². The van der Waals surface area contributed by atoms with Crippen LogP contribution >= 0.6 is 15.9 Å². The summed E-state index contributed by atoms with van der Waals surface area (Å²) < 4.78 is 20.2. The van der Waals surface area contributed by atoms with E-state index in [2.05, 4.69) is 27.9 Å². The number of aliphatic imine (C=N–C) groups is 1. The predicted octanol–water partition coefficient (Wildman–Crippen LogP) is 2.88. The zero-order chi connectivity index (χ0) is 18.4. The summed E-state index contributed by atoms with van der Waals surface area (Å²) in [5.41, 5.74) is 6.24. The molecule has 0 radical (unpaired) electrons. The van der Waals surface area contributed by atoms with Gasteiger partial charge in [-0.15, -0.1) is 0 Å². The minimum atomic E-state index is -0.598. The summed E-state index contributed by atoms with van der Waals surface area (Å²) in [6, 6.07) is 4.66. The van der Waals surface area contributed by atoms with E-state index in [0.29, 0.717) is 4.47 Å². The second kappa shape index (κ2) is 9.10. The number of carbonyl (C=O) groups is 1. The van der Waals surface area contributed by atoms with E-state index >= 15 is 0 Å². The zero-order valence-corrected chi connectivity index (χ0v) is 16.1. The molecule has 1 heterocycles. The Bertz CT molecular complexity index is 683. The number of hydrogen-bond donors (Lipinski definition) is 1. The first-order chi connectivity index (χ1) is 12.0. The fourth-order valence-electron chi connectivity index (χ4n) is 2.72. The Labute approximate surface area is 155 Å². The summed E-state index contributed by atoms with van der Waals surface area (Å²) in [4.78, 5) is 19.2. The number of nitrogens with zero attached hydrogens (tertiary/aromatic N) is 2. The van der Waals surface area contributed by atoms with Crippen LogP contribution in [0, 0.1) is 5.82 Å². The van der Waals surface area contributed by atoms with E-state index in [4.69, 9.17) is 15.5 Å². The maximum absolute atomic E-state index is 14.5. The third-order valence-electron chi connectivity index (χ3n) is 4.10. The molecule has 1 aliphatic rings. The lowest BCUT2D eigenvalue weighted by molar-refractivity contribution is -0.137. The number of rotatable bonds is 5. The Morgan fingerprint density at radius 3 is 2.72 bits per heavy atom. The zero-order valence-electron chi connectivity index (χ0n) is 14.5. The number of carbonyl (C=O) groups excluding carboxylic acids is 1. The number of likely N-dealkylation sites (tertiary alicyclic amines) is 1. The third kappa shape index (κ3) is 5.12. The average molecular weight is 412 g/mol. The van der Waals surface area contributed by atoms with Crippen LogP contribution in [0.5, 0.6) is 0 Å². The number of halogens is 2. The van der Waals surface area contributed by atoms with Gasteiger partial charge in [0.15, 0.2) is 0 Å². The molecule has 0 unspecified atom stereocenters. The number of benzene rings is 1. The van der Waals surface area contributed by atoms with Crippen LogP contribution in [-0.2, 0) is 9.53 Å². The molecule has 7 heteroatoms. The Balaban J connectivity index is 2.45. The molecule has 0 atom stereocenters. The molecule has 2 rings (SSSR count). The molecule has 136 valence electrons. The van der Waals surface area contributed by atoms with Crippen LogP contribution in [0.3, 0.4) is 0 Å². The van der Waals surface area contributed by atoms with Gasteiger partial charge in [0.1, 0.15) is 11.4 Å². The van der Waals surface area contributed by atoms with Crippen LogP contribution in [0.1, 0.15) is 25.3 Å². The molecule has 0 saturated carbocycles. The van der Waals surface area contributed by atoms with Crippen LogP contribution in [0.4, 0.5) is 4.39 Å². The lowest BCUT2D eigenvalue weighted by Crippen LogP contribution is -2.33. The van der Waals surface area contributed by atoms with Gasteiger partial charge in [-0.05, 0) is 58.1 Å². The highest BCUT2D eigenvalue weighted by Crippen LogP contribution is 2.22. The van der Waals surface area contributed by atoms with Gasteiger partial charge in [0.25, 0.3) is 0 Å². The van der Waals surface area contributed by atoms with E-state index < -0.39 is 11.8 Å². The van der Waals surface area contributed by atoms with Crippen LogP contribution in [0.2, 0.25) is 0 Å². The lowest BCUT2D eigenvalue weighted by Gasteiger charge is -2.27. The van der Waals surface area contributed by atoms with Gasteiger partial charge < -0.3 is 15.4 Å². The molecular formula is C18H23BrFN3O2. The Hall–Kier alpha value is -1.73. The summed E-state index contributed by atoms with van der Waals surface area (Å²) in [7, 11) is 2.05.